The monoisotopic (exact) mass is 276 g/mol. The lowest BCUT2D eigenvalue weighted by molar-refractivity contribution is -0.384. The number of nitro groups is 1. The third-order valence-electron chi connectivity index (χ3n) is 3.02. The number of rotatable bonds is 3. The van der Waals surface area contributed by atoms with Gasteiger partial charge in [-0.15, -0.1) is 0 Å². The van der Waals surface area contributed by atoms with Gasteiger partial charge in [0.05, 0.1) is 28.3 Å². The van der Waals surface area contributed by atoms with Crippen LogP contribution in [0, 0.1) is 21.4 Å². The Hall–Kier alpha value is -2.50. The molecule has 1 aliphatic rings. The van der Waals surface area contributed by atoms with Crippen molar-refractivity contribution in [2.75, 3.05) is 11.9 Å². The number of nitrogens with zero attached hydrogens (tertiary/aromatic N) is 2. The van der Waals surface area contributed by atoms with Crippen molar-refractivity contribution in [2.24, 2.45) is 0 Å². The SMILES string of the molecule is N#Cc1cc([N+](=O)[O-])ccc1NC(=O)C1CC(O)CN1. The number of hydrogen-bond donors (Lipinski definition) is 3. The first-order chi connectivity index (χ1) is 9.51. The minimum atomic E-state index is -0.610. The predicted octanol–water partition coefficient (Wildman–Crippen LogP) is 0.128. The van der Waals surface area contributed by atoms with Crippen molar-refractivity contribution in [3.63, 3.8) is 0 Å². The molecule has 1 amide bonds. The lowest BCUT2D eigenvalue weighted by atomic mass is 10.1. The number of non-ortho nitro benzene ring substituents is 1. The van der Waals surface area contributed by atoms with Crippen molar-refractivity contribution in [1.82, 2.24) is 5.32 Å². The highest BCUT2D eigenvalue weighted by Crippen LogP contribution is 2.22. The summed E-state index contributed by atoms with van der Waals surface area (Å²) in [6.45, 7) is 0.337. The van der Waals surface area contributed by atoms with E-state index in [4.69, 9.17) is 5.26 Å². The minimum Gasteiger partial charge on any atom is -0.392 e. The molecule has 0 aromatic heterocycles. The second-order valence-electron chi connectivity index (χ2n) is 4.44. The molecule has 8 heteroatoms. The number of nitro benzene ring substituents is 1. The normalized spacial score (nSPS) is 21.2. The maximum atomic E-state index is 11.9. The summed E-state index contributed by atoms with van der Waals surface area (Å²) in [4.78, 5) is 21.9. The summed E-state index contributed by atoms with van der Waals surface area (Å²) in [6.07, 6.45) is -0.279. The molecule has 2 atom stereocenters. The first-order valence-corrected chi connectivity index (χ1v) is 5.92. The molecular formula is C12H12N4O4. The number of aliphatic hydroxyl groups is 1. The number of nitrogens with one attached hydrogen (secondary N) is 2. The Labute approximate surface area is 114 Å². The van der Waals surface area contributed by atoms with Crippen LogP contribution in [-0.2, 0) is 4.79 Å². The Morgan fingerprint density at radius 2 is 2.35 bits per heavy atom. The first-order valence-electron chi connectivity index (χ1n) is 5.92. The fraction of sp³-hybridized carbons (Fsp3) is 0.333. The molecule has 104 valence electrons. The topological polar surface area (TPSA) is 128 Å². The van der Waals surface area contributed by atoms with Gasteiger partial charge < -0.3 is 15.7 Å². The quantitative estimate of drug-likeness (QED) is 0.531. The van der Waals surface area contributed by atoms with Gasteiger partial charge in [0.2, 0.25) is 5.91 Å². The zero-order valence-corrected chi connectivity index (χ0v) is 10.4. The highest BCUT2D eigenvalue weighted by atomic mass is 16.6. The first kappa shape index (κ1) is 13.9. The van der Waals surface area contributed by atoms with E-state index in [2.05, 4.69) is 10.6 Å². The second kappa shape index (κ2) is 5.64. The largest absolute Gasteiger partial charge is 0.392 e. The lowest BCUT2D eigenvalue weighted by Gasteiger charge is -2.11. The van der Waals surface area contributed by atoms with Gasteiger partial charge in [0.25, 0.3) is 5.69 Å². The van der Waals surface area contributed by atoms with E-state index in [1.807, 2.05) is 0 Å². The van der Waals surface area contributed by atoms with E-state index in [0.717, 1.165) is 6.07 Å². The maximum absolute atomic E-state index is 11.9. The van der Waals surface area contributed by atoms with Crippen LogP contribution in [0.15, 0.2) is 18.2 Å². The lowest BCUT2D eigenvalue weighted by Crippen LogP contribution is -2.35. The van der Waals surface area contributed by atoms with Crippen molar-refractivity contribution < 1.29 is 14.8 Å². The average molecular weight is 276 g/mol. The van der Waals surface area contributed by atoms with Crippen LogP contribution >= 0.6 is 0 Å². The smallest absolute Gasteiger partial charge is 0.270 e. The molecule has 0 aliphatic carbocycles. The van der Waals surface area contributed by atoms with Crippen LogP contribution < -0.4 is 10.6 Å². The molecule has 20 heavy (non-hydrogen) atoms. The van der Waals surface area contributed by atoms with E-state index in [1.165, 1.54) is 12.1 Å². The zero-order chi connectivity index (χ0) is 14.7. The predicted molar refractivity (Wildman–Crippen MR) is 68.9 cm³/mol. The summed E-state index contributed by atoms with van der Waals surface area (Å²) in [5, 5.41) is 34.3. The molecule has 3 N–H and O–H groups in total. The zero-order valence-electron chi connectivity index (χ0n) is 10.4. The van der Waals surface area contributed by atoms with Crippen LogP contribution in [0.5, 0.6) is 0 Å². The van der Waals surface area contributed by atoms with Crippen molar-refractivity contribution in [2.45, 2.75) is 18.6 Å². The third kappa shape index (κ3) is 2.90. The van der Waals surface area contributed by atoms with Crippen molar-refractivity contribution in [3.05, 3.63) is 33.9 Å². The van der Waals surface area contributed by atoms with Gasteiger partial charge in [-0.3, -0.25) is 14.9 Å². The van der Waals surface area contributed by atoms with Gasteiger partial charge in [-0.05, 0) is 12.5 Å². The number of benzene rings is 1. The molecule has 1 heterocycles. The number of hydrogen-bond acceptors (Lipinski definition) is 6. The summed E-state index contributed by atoms with van der Waals surface area (Å²) in [5.41, 5.74) is 0.0198. The van der Waals surface area contributed by atoms with Crippen molar-refractivity contribution in [1.29, 1.82) is 5.26 Å². The van der Waals surface area contributed by atoms with Crippen LogP contribution in [0.2, 0.25) is 0 Å². The number of carbonyl (C=O) groups is 1. The number of nitriles is 1. The molecule has 0 radical (unpaired) electrons. The summed E-state index contributed by atoms with van der Waals surface area (Å²) < 4.78 is 0. The van der Waals surface area contributed by atoms with Crippen LogP contribution in [-0.4, -0.2) is 34.6 Å². The molecule has 2 rings (SSSR count). The van der Waals surface area contributed by atoms with Gasteiger partial charge in [-0.2, -0.15) is 5.26 Å². The highest BCUT2D eigenvalue weighted by Gasteiger charge is 2.28. The van der Waals surface area contributed by atoms with Crippen LogP contribution in [0.25, 0.3) is 0 Å². The molecule has 0 saturated carbocycles. The molecule has 1 aliphatic heterocycles. The van der Waals surface area contributed by atoms with Gasteiger partial charge in [0, 0.05) is 18.7 Å². The maximum Gasteiger partial charge on any atom is 0.270 e. The molecule has 1 fully saturated rings. The minimum absolute atomic E-state index is 0.0195. The number of β-amino-alcohol motifs (C(OH)–C–C–N with tert-alkyl or cyclic N) is 1. The molecule has 1 aromatic carbocycles. The summed E-state index contributed by atoms with van der Waals surface area (Å²) in [5.74, 6) is -0.382. The van der Waals surface area contributed by atoms with Crippen LogP contribution in [0.4, 0.5) is 11.4 Å². The Kier molecular flexibility index (Phi) is 3.93. The van der Waals surface area contributed by atoms with Gasteiger partial charge in [0.1, 0.15) is 6.07 Å². The number of amides is 1. The summed E-state index contributed by atoms with van der Waals surface area (Å²) in [6, 6.07) is 4.91. The van der Waals surface area contributed by atoms with E-state index in [-0.39, 0.29) is 22.8 Å². The van der Waals surface area contributed by atoms with Crippen LogP contribution in [0.3, 0.4) is 0 Å². The fourth-order valence-electron chi connectivity index (χ4n) is 1.98. The van der Waals surface area contributed by atoms with Crippen molar-refractivity contribution in [3.8, 4) is 6.07 Å². The van der Waals surface area contributed by atoms with Crippen LogP contribution in [0.1, 0.15) is 12.0 Å². The van der Waals surface area contributed by atoms with Crippen molar-refractivity contribution >= 4 is 17.3 Å². The second-order valence-corrected chi connectivity index (χ2v) is 4.44. The third-order valence-corrected chi connectivity index (χ3v) is 3.02. The van der Waals surface area contributed by atoms with E-state index < -0.39 is 17.1 Å². The standard InChI is InChI=1S/C12H12N4O4/c13-5-7-3-8(16(19)20)1-2-10(7)15-12(18)11-4-9(17)6-14-11/h1-3,9,11,14,17H,4,6H2,(H,15,18). The van der Waals surface area contributed by atoms with Gasteiger partial charge in [0.15, 0.2) is 0 Å². The fourth-order valence-corrected chi connectivity index (χ4v) is 1.98. The number of carbonyl (C=O) groups excluding carboxylic acids is 1. The van der Waals surface area contributed by atoms with Gasteiger partial charge in [-0.25, -0.2) is 0 Å². The van der Waals surface area contributed by atoms with Gasteiger partial charge >= 0.3 is 0 Å². The Balaban J connectivity index is 2.15. The Bertz CT molecular complexity index is 596. The number of anilines is 1. The van der Waals surface area contributed by atoms with E-state index in [1.54, 1.807) is 6.07 Å². The molecule has 2 unspecified atom stereocenters. The number of aliphatic hydroxyl groups excluding tert-OH is 1. The molecule has 0 spiro atoms. The average Bonchev–Trinajstić information content (AvgIpc) is 2.85. The Morgan fingerprint density at radius 3 is 2.90 bits per heavy atom. The molecule has 1 aromatic rings. The summed E-state index contributed by atoms with van der Waals surface area (Å²) in [7, 11) is 0. The van der Waals surface area contributed by atoms with E-state index >= 15 is 0 Å². The molecular weight excluding hydrogens is 264 g/mol. The Morgan fingerprint density at radius 1 is 1.60 bits per heavy atom. The summed E-state index contributed by atoms with van der Waals surface area (Å²) >= 11 is 0. The highest BCUT2D eigenvalue weighted by molar-refractivity contribution is 5.96. The van der Waals surface area contributed by atoms with Gasteiger partial charge in [-0.1, -0.05) is 0 Å². The van der Waals surface area contributed by atoms with E-state index in [0.29, 0.717) is 13.0 Å². The molecule has 0 bridgehead atoms. The molecule has 1 saturated heterocycles. The van der Waals surface area contributed by atoms with E-state index in [9.17, 15) is 20.0 Å². The molecule has 8 nitrogen and oxygen atoms in total.